The third kappa shape index (κ3) is 4.55. The highest BCUT2D eigenvalue weighted by Crippen LogP contribution is 2.27. The molecule has 4 rings (SSSR count). The molecule has 0 aliphatic rings. The highest BCUT2D eigenvalue weighted by Gasteiger charge is 2.11. The number of rotatable bonds is 6. The molecule has 0 aliphatic heterocycles. The summed E-state index contributed by atoms with van der Waals surface area (Å²) in [6, 6.07) is 13.1. The Morgan fingerprint density at radius 3 is 2.72 bits per heavy atom. The second kappa shape index (κ2) is 8.32. The molecule has 0 atom stereocenters. The predicted octanol–water partition coefficient (Wildman–Crippen LogP) is 4.27. The van der Waals surface area contributed by atoms with Crippen LogP contribution in [-0.2, 0) is 17.9 Å². The zero-order chi connectivity index (χ0) is 20.2. The molecule has 1 N–H and O–H groups in total. The van der Waals surface area contributed by atoms with E-state index in [4.69, 9.17) is 0 Å². The maximum absolute atomic E-state index is 13.6. The minimum absolute atomic E-state index is 0.0145. The van der Waals surface area contributed by atoms with Crippen molar-refractivity contribution in [1.29, 1.82) is 0 Å². The highest BCUT2D eigenvalue weighted by molar-refractivity contribution is 7.13. The topological polar surface area (TPSA) is 59.8 Å². The molecule has 0 fully saturated rings. The number of carbonyl (C=O) groups is 1. The van der Waals surface area contributed by atoms with Gasteiger partial charge in [-0.15, -0.1) is 11.3 Å². The number of hydrogen-bond donors (Lipinski definition) is 1. The maximum atomic E-state index is 13.6. The van der Waals surface area contributed by atoms with Crippen LogP contribution in [0, 0.1) is 11.6 Å². The number of nitrogens with one attached hydrogen (secondary N) is 1. The quantitative estimate of drug-likeness (QED) is 0.517. The van der Waals surface area contributed by atoms with Gasteiger partial charge in [0.1, 0.15) is 28.9 Å². The van der Waals surface area contributed by atoms with Crippen LogP contribution < -0.4 is 5.32 Å². The normalized spacial score (nSPS) is 10.8. The van der Waals surface area contributed by atoms with Gasteiger partial charge in [-0.05, 0) is 6.07 Å². The van der Waals surface area contributed by atoms with Crippen molar-refractivity contribution in [2.75, 3.05) is 0 Å². The maximum Gasteiger partial charge on any atom is 0.240 e. The van der Waals surface area contributed by atoms with Crippen LogP contribution in [0.2, 0.25) is 0 Å². The number of aromatic nitrogens is 3. The lowest BCUT2D eigenvalue weighted by molar-refractivity contribution is -0.121. The molecule has 0 saturated carbocycles. The molecule has 146 valence electrons. The van der Waals surface area contributed by atoms with Gasteiger partial charge < -0.3 is 9.88 Å². The molecule has 8 heteroatoms. The summed E-state index contributed by atoms with van der Waals surface area (Å²) >= 11 is 1.48. The van der Waals surface area contributed by atoms with Gasteiger partial charge in [-0.3, -0.25) is 4.79 Å². The van der Waals surface area contributed by atoms with Gasteiger partial charge in [0.2, 0.25) is 5.91 Å². The van der Waals surface area contributed by atoms with Crippen LogP contribution in [0.1, 0.15) is 5.56 Å². The molecule has 0 spiro atoms. The molecule has 0 bridgehead atoms. The Hall–Kier alpha value is -3.39. The lowest BCUT2D eigenvalue weighted by Crippen LogP contribution is -2.27. The van der Waals surface area contributed by atoms with E-state index >= 15 is 0 Å². The van der Waals surface area contributed by atoms with Crippen molar-refractivity contribution in [1.82, 2.24) is 19.9 Å². The Bertz CT molecular complexity index is 1140. The van der Waals surface area contributed by atoms with Crippen molar-refractivity contribution < 1.29 is 13.6 Å². The number of imidazole rings is 1. The highest BCUT2D eigenvalue weighted by atomic mass is 32.1. The van der Waals surface area contributed by atoms with Crippen LogP contribution >= 0.6 is 11.3 Å². The summed E-state index contributed by atoms with van der Waals surface area (Å²) in [5.41, 5.74) is 2.80. The van der Waals surface area contributed by atoms with E-state index in [-0.39, 0.29) is 24.6 Å². The smallest absolute Gasteiger partial charge is 0.240 e. The summed E-state index contributed by atoms with van der Waals surface area (Å²) in [5.74, 6) is -1.64. The Morgan fingerprint density at radius 1 is 1.10 bits per heavy atom. The zero-order valence-corrected chi connectivity index (χ0v) is 16.0. The molecule has 0 aliphatic carbocycles. The molecule has 5 nitrogen and oxygen atoms in total. The standard InChI is InChI=1S/C21H16F2N4OS/c22-16-7-6-15(17(23)8-16)9-24-20(28)11-27-10-18(25-13-27)21-26-19(12-29-21)14-4-2-1-3-5-14/h1-8,10,12-13H,9,11H2,(H,24,28). The fraction of sp³-hybridized carbons (Fsp3) is 0.0952. The van der Waals surface area contributed by atoms with E-state index in [9.17, 15) is 13.6 Å². The largest absolute Gasteiger partial charge is 0.350 e. The van der Waals surface area contributed by atoms with Crippen LogP contribution in [0.5, 0.6) is 0 Å². The van der Waals surface area contributed by atoms with E-state index in [0.717, 1.165) is 28.4 Å². The fourth-order valence-electron chi connectivity index (χ4n) is 2.77. The van der Waals surface area contributed by atoms with Crippen molar-refractivity contribution in [3.8, 4) is 22.0 Å². The van der Waals surface area contributed by atoms with Crippen LogP contribution in [-0.4, -0.2) is 20.4 Å². The Morgan fingerprint density at radius 2 is 1.93 bits per heavy atom. The van der Waals surface area contributed by atoms with Gasteiger partial charge in [0, 0.05) is 35.3 Å². The lowest BCUT2D eigenvalue weighted by atomic mass is 10.2. The summed E-state index contributed by atoms with van der Waals surface area (Å²) in [5, 5.41) is 5.35. The third-order valence-corrected chi connectivity index (χ3v) is 5.11. The molecule has 1 amide bonds. The average molecular weight is 410 g/mol. The van der Waals surface area contributed by atoms with Crippen molar-refractivity contribution in [2.45, 2.75) is 13.1 Å². The fourth-order valence-corrected chi connectivity index (χ4v) is 3.56. The number of amides is 1. The molecule has 2 heterocycles. The number of carbonyl (C=O) groups excluding carboxylic acids is 1. The lowest BCUT2D eigenvalue weighted by Gasteiger charge is -2.07. The summed E-state index contributed by atoms with van der Waals surface area (Å²) in [6.07, 6.45) is 3.29. The zero-order valence-electron chi connectivity index (χ0n) is 15.2. The summed E-state index contributed by atoms with van der Waals surface area (Å²) in [7, 11) is 0. The molecule has 2 aromatic heterocycles. The van der Waals surface area contributed by atoms with E-state index in [2.05, 4.69) is 15.3 Å². The van der Waals surface area contributed by atoms with E-state index in [1.807, 2.05) is 35.7 Å². The minimum Gasteiger partial charge on any atom is -0.350 e. The van der Waals surface area contributed by atoms with Crippen molar-refractivity contribution in [2.24, 2.45) is 0 Å². The Labute approximate surface area is 169 Å². The van der Waals surface area contributed by atoms with Crippen LogP contribution in [0.15, 0.2) is 66.4 Å². The predicted molar refractivity (Wildman–Crippen MR) is 107 cm³/mol. The number of halogens is 2. The van der Waals surface area contributed by atoms with Gasteiger partial charge in [0.05, 0.1) is 12.0 Å². The summed E-state index contributed by atoms with van der Waals surface area (Å²) in [6.45, 7) is 0.0200. The van der Waals surface area contributed by atoms with Crippen molar-refractivity contribution in [3.63, 3.8) is 0 Å². The molecule has 2 aromatic carbocycles. The van der Waals surface area contributed by atoms with Crippen LogP contribution in [0.4, 0.5) is 8.78 Å². The SMILES string of the molecule is O=C(Cn1cnc(-c2nc(-c3ccccc3)cs2)c1)NCc1ccc(F)cc1F. The van der Waals surface area contributed by atoms with E-state index < -0.39 is 11.6 Å². The molecular weight excluding hydrogens is 394 g/mol. The summed E-state index contributed by atoms with van der Waals surface area (Å²) in [4.78, 5) is 21.1. The van der Waals surface area contributed by atoms with Crippen LogP contribution in [0.25, 0.3) is 22.0 Å². The summed E-state index contributed by atoms with van der Waals surface area (Å²) < 4.78 is 28.2. The van der Waals surface area contributed by atoms with Crippen molar-refractivity contribution >= 4 is 17.2 Å². The molecule has 0 saturated heterocycles. The number of hydrogen-bond acceptors (Lipinski definition) is 4. The molecule has 0 radical (unpaired) electrons. The van der Waals surface area contributed by atoms with Gasteiger partial charge in [0.15, 0.2) is 0 Å². The minimum atomic E-state index is -0.687. The number of benzene rings is 2. The monoisotopic (exact) mass is 410 g/mol. The van der Waals surface area contributed by atoms with Crippen LogP contribution in [0.3, 0.4) is 0 Å². The first-order valence-electron chi connectivity index (χ1n) is 8.82. The third-order valence-electron chi connectivity index (χ3n) is 4.24. The van der Waals surface area contributed by atoms with E-state index in [1.165, 1.54) is 17.4 Å². The van der Waals surface area contributed by atoms with Crippen molar-refractivity contribution in [3.05, 3.63) is 83.6 Å². The number of nitrogens with zero attached hydrogens (tertiary/aromatic N) is 3. The Kier molecular flexibility index (Phi) is 5.44. The van der Waals surface area contributed by atoms with E-state index in [0.29, 0.717) is 5.69 Å². The first-order chi connectivity index (χ1) is 14.1. The molecular formula is C21H16F2N4OS. The van der Waals surface area contributed by atoms with Gasteiger partial charge in [-0.2, -0.15) is 0 Å². The number of thiazole rings is 1. The first-order valence-corrected chi connectivity index (χ1v) is 9.70. The molecule has 0 unspecified atom stereocenters. The van der Waals surface area contributed by atoms with Gasteiger partial charge >= 0.3 is 0 Å². The van der Waals surface area contributed by atoms with Gasteiger partial charge in [-0.1, -0.05) is 36.4 Å². The molecule has 4 aromatic rings. The Balaban J connectivity index is 1.38. The first kappa shape index (κ1) is 18.9. The van der Waals surface area contributed by atoms with E-state index in [1.54, 1.807) is 17.1 Å². The second-order valence-corrected chi connectivity index (χ2v) is 7.21. The molecule has 29 heavy (non-hydrogen) atoms. The second-order valence-electron chi connectivity index (χ2n) is 6.35. The van der Waals surface area contributed by atoms with Gasteiger partial charge in [0.25, 0.3) is 0 Å². The van der Waals surface area contributed by atoms with Gasteiger partial charge in [-0.25, -0.2) is 18.7 Å². The average Bonchev–Trinajstić information content (AvgIpc) is 3.37.